The molecule has 0 radical (unpaired) electrons. The number of rotatable bonds is 9. The van der Waals surface area contributed by atoms with Crippen LogP contribution in [-0.4, -0.2) is 37.7 Å². The number of nitrogens with one attached hydrogen (secondary N) is 2. The van der Waals surface area contributed by atoms with Crippen molar-refractivity contribution in [3.63, 3.8) is 0 Å². The van der Waals surface area contributed by atoms with Gasteiger partial charge in [-0.05, 0) is 42.9 Å². The summed E-state index contributed by atoms with van der Waals surface area (Å²) in [6.45, 7) is 0. The van der Waals surface area contributed by atoms with Crippen LogP contribution >= 0.6 is 11.8 Å². The first kappa shape index (κ1) is 18.0. The summed E-state index contributed by atoms with van der Waals surface area (Å²) in [7, 11) is 0. The number of carbonyl (C=O) groups excluding carboxylic acids is 1. The van der Waals surface area contributed by atoms with Crippen LogP contribution in [0.2, 0.25) is 0 Å². The highest BCUT2D eigenvalue weighted by Gasteiger charge is 2.21. The molecule has 1 aliphatic carbocycles. The second kappa shape index (κ2) is 9.08. The lowest BCUT2D eigenvalue weighted by Crippen LogP contribution is -2.26. The van der Waals surface area contributed by atoms with E-state index >= 15 is 0 Å². The van der Waals surface area contributed by atoms with Gasteiger partial charge in [-0.1, -0.05) is 25.7 Å². The van der Waals surface area contributed by atoms with Gasteiger partial charge in [0.1, 0.15) is 11.9 Å². The van der Waals surface area contributed by atoms with Gasteiger partial charge in [0.05, 0.1) is 0 Å². The smallest absolute Gasteiger partial charge is 0.249 e. The summed E-state index contributed by atoms with van der Waals surface area (Å²) in [5.41, 5.74) is 0. The molecule has 6 nitrogen and oxygen atoms in total. The normalized spacial score (nSPS) is 16.2. The van der Waals surface area contributed by atoms with Crippen molar-refractivity contribution in [2.45, 2.75) is 51.0 Å². The molecule has 2 aromatic rings. The number of hydrogen-bond acceptors (Lipinski definition) is 4. The second-order valence-corrected chi connectivity index (χ2v) is 7.70. The molecule has 0 saturated heterocycles. The lowest BCUT2D eigenvalue weighted by Gasteiger charge is -2.17. The van der Waals surface area contributed by atoms with Crippen LogP contribution in [0, 0.1) is 5.92 Å². The molecule has 2 N–H and O–H groups in total. The Morgan fingerprint density at radius 2 is 2.16 bits per heavy atom. The van der Waals surface area contributed by atoms with Gasteiger partial charge < -0.3 is 4.57 Å². The lowest BCUT2D eigenvalue weighted by molar-refractivity contribution is -0.119. The van der Waals surface area contributed by atoms with Gasteiger partial charge in [0, 0.05) is 18.8 Å². The average molecular weight is 362 g/mol. The maximum absolute atomic E-state index is 12.7. The topological polar surface area (TPSA) is 75.6 Å². The molecule has 1 aliphatic rings. The molecular formula is C18H27N5OS. The zero-order chi connectivity index (χ0) is 17.5. The zero-order valence-corrected chi connectivity index (χ0v) is 15.6. The number of anilines is 1. The standard InChI is InChI=1S/C18H27N5OS/c1-25-13-10-15(23-11-4-5-12-23)17(24)20-18-19-16(21-22-18)9-8-14-6-2-3-7-14/h4-5,11-12,14-15H,2-3,6-10,13H2,1H3,(H2,19,20,21,22,24). The SMILES string of the molecule is CSCCC(C(=O)Nc1n[nH]c(CCC2CCCC2)n1)n1cccc1. The molecule has 1 saturated carbocycles. The number of hydrogen-bond donors (Lipinski definition) is 2. The third-order valence-electron chi connectivity index (χ3n) is 4.92. The number of aromatic nitrogens is 4. The van der Waals surface area contributed by atoms with Crippen LogP contribution in [0.15, 0.2) is 24.5 Å². The molecular weight excluding hydrogens is 334 g/mol. The Morgan fingerprint density at radius 1 is 1.40 bits per heavy atom. The van der Waals surface area contributed by atoms with Crippen molar-refractivity contribution < 1.29 is 4.79 Å². The Kier molecular flexibility index (Phi) is 6.55. The molecule has 136 valence electrons. The zero-order valence-electron chi connectivity index (χ0n) is 14.8. The molecule has 1 amide bonds. The van der Waals surface area contributed by atoms with Crippen LogP contribution in [0.3, 0.4) is 0 Å². The minimum atomic E-state index is -0.233. The van der Waals surface area contributed by atoms with E-state index in [0.717, 1.165) is 36.8 Å². The Bertz CT molecular complexity index is 648. The highest BCUT2D eigenvalue weighted by Crippen LogP contribution is 2.28. The van der Waals surface area contributed by atoms with Crippen LogP contribution in [0.5, 0.6) is 0 Å². The monoisotopic (exact) mass is 361 g/mol. The Balaban J connectivity index is 1.55. The summed E-state index contributed by atoms with van der Waals surface area (Å²) < 4.78 is 1.94. The van der Waals surface area contributed by atoms with Crippen molar-refractivity contribution in [3.05, 3.63) is 30.4 Å². The van der Waals surface area contributed by atoms with Crippen LogP contribution in [0.25, 0.3) is 0 Å². The third kappa shape index (κ3) is 5.11. The van der Waals surface area contributed by atoms with Crippen molar-refractivity contribution in [1.29, 1.82) is 0 Å². The molecule has 7 heteroatoms. The van der Waals surface area contributed by atoms with Crippen molar-refractivity contribution in [1.82, 2.24) is 19.7 Å². The van der Waals surface area contributed by atoms with E-state index in [9.17, 15) is 4.79 Å². The van der Waals surface area contributed by atoms with Gasteiger partial charge in [-0.2, -0.15) is 16.7 Å². The number of carbonyl (C=O) groups is 1. The summed E-state index contributed by atoms with van der Waals surface area (Å²) in [5, 5.41) is 9.99. The second-order valence-electron chi connectivity index (χ2n) is 6.71. The maximum Gasteiger partial charge on any atom is 0.249 e. The van der Waals surface area contributed by atoms with Gasteiger partial charge in [0.15, 0.2) is 0 Å². The summed E-state index contributed by atoms with van der Waals surface area (Å²) in [6.07, 6.45) is 14.1. The van der Waals surface area contributed by atoms with Gasteiger partial charge in [-0.3, -0.25) is 15.2 Å². The lowest BCUT2D eigenvalue weighted by atomic mass is 10.0. The predicted molar refractivity (Wildman–Crippen MR) is 102 cm³/mol. The molecule has 0 spiro atoms. The highest BCUT2D eigenvalue weighted by atomic mass is 32.2. The highest BCUT2D eigenvalue weighted by molar-refractivity contribution is 7.98. The van der Waals surface area contributed by atoms with Crippen LogP contribution in [0.1, 0.15) is 50.4 Å². The van der Waals surface area contributed by atoms with Crippen molar-refractivity contribution >= 4 is 23.6 Å². The van der Waals surface area contributed by atoms with E-state index in [4.69, 9.17) is 0 Å². The van der Waals surface area contributed by atoms with Crippen molar-refractivity contribution in [2.24, 2.45) is 5.92 Å². The Morgan fingerprint density at radius 3 is 2.88 bits per heavy atom. The summed E-state index contributed by atoms with van der Waals surface area (Å²) in [6, 6.07) is 3.64. The van der Waals surface area contributed by atoms with E-state index in [-0.39, 0.29) is 11.9 Å². The average Bonchev–Trinajstić information content (AvgIpc) is 3.36. The quantitative estimate of drug-likeness (QED) is 0.715. The molecule has 25 heavy (non-hydrogen) atoms. The number of aromatic amines is 1. The fraction of sp³-hybridized carbons (Fsp3) is 0.611. The fourth-order valence-corrected chi connectivity index (χ4v) is 3.96. The van der Waals surface area contributed by atoms with Gasteiger partial charge in [-0.15, -0.1) is 5.10 Å². The van der Waals surface area contributed by atoms with Crippen LogP contribution in [-0.2, 0) is 11.2 Å². The molecule has 0 aliphatic heterocycles. The number of amides is 1. The van der Waals surface area contributed by atoms with E-state index < -0.39 is 0 Å². The number of thioether (sulfide) groups is 1. The molecule has 1 unspecified atom stereocenters. The molecule has 2 aromatic heterocycles. The molecule has 0 bridgehead atoms. The fourth-order valence-electron chi connectivity index (χ4n) is 3.50. The van der Waals surface area contributed by atoms with E-state index in [1.807, 2.05) is 29.1 Å². The minimum absolute atomic E-state index is 0.0633. The third-order valence-corrected chi connectivity index (χ3v) is 5.56. The maximum atomic E-state index is 12.7. The molecule has 0 aromatic carbocycles. The largest absolute Gasteiger partial charge is 0.342 e. The van der Waals surface area contributed by atoms with Crippen LogP contribution < -0.4 is 5.32 Å². The summed E-state index contributed by atoms with van der Waals surface area (Å²) in [5.74, 6) is 2.94. The van der Waals surface area contributed by atoms with Crippen molar-refractivity contribution in [2.75, 3.05) is 17.3 Å². The first-order valence-corrected chi connectivity index (χ1v) is 10.5. The van der Waals surface area contributed by atoms with E-state index in [0.29, 0.717) is 5.95 Å². The first-order chi connectivity index (χ1) is 12.3. The summed E-state index contributed by atoms with van der Waals surface area (Å²) in [4.78, 5) is 17.1. The number of nitrogens with zero attached hydrogens (tertiary/aromatic N) is 3. The molecule has 1 fully saturated rings. The summed E-state index contributed by atoms with van der Waals surface area (Å²) >= 11 is 1.74. The number of aryl methyl sites for hydroxylation is 1. The van der Waals surface area contributed by atoms with Gasteiger partial charge in [-0.25, -0.2) is 0 Å². The van der Waals surface area contributed by atoms with Crippen LogP contribution in [0.4, 0.5) is 5.95 Å². The van der Waals surface area contributed by atoms with E-state index in [1.54, 1.807) is 11.8 Å². The molecule has 2 heterocycles. The minimum Gasteiger partial charge on any atom is -0.342 e. The Hall–Kier alpha value is -1.76. The Labute approximate surface area is 153 Å². The molecule has 3 rings (SSSR count). The van der Waals surface area contributed by atoms with E-state index in [1.165, 1.54) is 25.7 Å². The van der Waals surface area contributed by atoms with Gasteiger partial charge in [0.25, 0.3) is 0 Å². The van der Waals surface area contributed by atoms with Gasteiger partial charge >= 0.3 is 0 Å². The number of H-pyrrole nitrogens is 1. The first-order valence-electron chi connectivity index (χ1n) is 9.10. The van der Waals surface area contributed by atoms with Crippen molar-refractivity contribution in [3.8, 4) is 0 Å². The van der Waals surface area contributed by atoms with Gasteiger partial charge in [0.2, 0.25) is 11.9 Å². The predicted octanol–water partition coefficient (Wildman–Crippen LogP) is 3.66. The van der Waals surface area contributed by atoms with E-state index in [2.05, 4.69) is 26.8 Å². The molecule has 1 atom stereocenters.